The number of allylic oxidation sites excluding steroid dienone is 1. The molecule has 1 aromatic carbocycles. The number of ether oxygens (including phenoxy) is 1. The number of methoxy groups -OCH3 is 1. The Kier molecular flexibility index (Phi) is 4.20. The monoisotopic (exact) mass is 298 g/mol. The Labute approximate surface area is 129 Å². The topological polar surface area (TPSA) is 26.3 Å². The molecular formula is C18H18O2S. The molecule has 1 heterocycles. The predicted molar refractivity (Wildman–Crippen MR) is 86.9 cm³/mol. The predicted octanol–water partition coefficient (Wildman–Crippen LogP) is 4.68. The van der Waals surface area contributed by atoms with Crippen molar-refractivity contribution >= 4 is 23.2 Å². The molecule has 3 heteroatoms. The largest absolute Gasteiger partial charge is 0.496 e. The van der Waals surface area contributed by atoms with Crippen LogP contribution in [-0.2, 0) is 4.79 Å². The maximum atomic E-state index is 12.4. The van der Waals surface area contributed by atoms with Crippen molar-refractivity contribution in [3.8, 4) is 5.75 Å². The molecule has 0 bridgehead atoms. The summed E-state index contributed by atoms with van der Waals surface area (Å²) in [6.45, 7) is 0. The highest BCUT2D eigenvalue weighted by Gasteiger charge is 2.27. The Bertz CT molecular complexity index is 656. The van der Waals surface area contributed by atoms with Gasteiger partial charge in [-0.2, -0.15) is 11.3 Å². The van der Waals surface area contributed by atoms with Gasteiger partial charge in [0.05, 0.1) is 7.11 Å². The maximum absolute atomic E-state index is 12.4. The fourth-order valence-corrected chi connectivity index (χ4v) is 3.63. The summed E-state index contributed by atoms with van der Waals surface area (Å²) < 4.78 is 5.39. The van der Waals surface area contributed by atoms with Crippen molar-refractivity contribution in [1.29, 1.82) is 0 Å². The highest BCUT2D eigenvalue weighted by molar-refractivity contribution is 7.08. The molecule has 0 radical (unpaired) electrons. The first-order chi connectivity index (χ1) is 10.3. The molecule has 0 spiro atoms. The van der Waals surface area contributed by atoms with Gasteiger partial charge in [0.25, 0.3) is 0 Å². The third-order valence-electron chi connectivity index (χ3n) is 3.99. The van der Waals surface area contributed by atoms with Crippen LogP contribution >= 0.6 is 11.3 Å². The second-order valence-electron chi connectivity index (χ2n) is 5.27. The zero-order valence-corrected chi connectivity index (χ0v) is 12.9. The molecule has 1 saturated carbocycles. The Balaban J connectivity index is 2.03. The van der Waals surface area contributed by atoms with Crippen LogP contribution in [0.2, 0.25) is 0 Å². The van der Waals surface area contributed by atoms with E-state index in [1.165, 1.54) is 5.56 Å². The first-order valence-corrected chi connectivity index (χ1v) is 8.14. The molecule has 108 valence electrons. The summed E-state index contributed by atoms with van der Waals surface area (Å²) in [5, 5.41) is 4.23. The normalized spacial score (nSPS) is 20.7. The third-order valence-corrected chi connectivity index (χ3v) is 4.69. The fourth-order valence-electron chi connectivity index (χ4n) is 2.91. The first kappa shape index (κ1) is 14.1. The lowest BCUT2D eigenvalue weighted by Crippen LogP contribution is -2.17. The minimum atomic E-state index is 0.224. The average molecular weight is 298 g/mol. The van der Waals surface area contributed by atoms with Gasteiger partial charge in [0, 0.05) is 23.5 Å². The van der Waals surface area contributed by atoms with E-state index in [4.69, 9.17) is 4.74 Å². The van der Waals surface area contributed by atoms with E-state index in [9.17, 15) is 4.79 Å². The van der Waals surface area contributed by atoms with Crippen molar-refractivity contribution in [2.45, 2.75) is 25.2 Å². The SMILES string of the molecule is COc1ccccc1C=C1C(=O)CCCC1c1ccsc1. The number of Topliss-reactive ketones (excluding diaryl/α,β-unsaturated/α-hetero) is 1. The van der Waals surface area contributed by atoms with Gasteiger partial charge < -0.3 is 4.74 Å². The summed E-state index contributed by atoms with van der Waals surface area (Å²) in [5.41, 5.74) is 3.16. The number of rotatable bonds is 3. The van der Waals surface area contributed by atoms with Gasteiger partial charge in [-0.25, -0.2) is 0 Å². The van der Waals surface area contributed by atoms with Gasteiger partial charge in [-0.15, -0.1) is 0 Å². The van der Waals surface area contributed by atoms with Crippen LogP contribution in [0, 0.1) is 0 Å². The lowest BCUT2D eigenvalue weighted by molar-refractivity contribution is -0.116. The first-order valence-electron chi connectivity index (χ1n) is 7.19. The quantitative estimate of drug-likeness (QED) is 0.769. The molecule has 1 atom stereocenters. The molecule has 2 nitrogen and oxygen atoms in total. The molecule has 3 rings (SSSR count). The summed E-state index contributed by atoms with van der Waals surface area (Å²) >= 11 is 1.69. The van der Waals surface area contributed by atoms with Crippen LogP contribution in [0.4, 0.5) is 0 Å². The molecule has 1 unspecified atom stereocenters. The van der Waals surface area contributed by atoms with Gasteiger partial charge in [0.1, 0.15) is 5.75 Å². The van der Waals surface area contributed by atoms with Crippen molar-refractivity contribution in [1.82, 2.24) is 0 Å². The highest BCUT2D eigenvalue weighted by atomic mass is 32.1. The maximum Gasteiger partial charge on any atom is 0.159 e. The average Bonchev–Trinajstić information content (AvgIpc) is 3.04. The number of para-hydroxylation sites is 1. The van der Waals surface area contributed by atoms with Crippen LogP contribution in [0.15, 0.2) is 46.7 Å². The molecule has 2 aromatic rings. The lowest BCUT2D eigenvalue weighted by Gasteiger charge is -2.24. The van der Waals surface area contributed by atoms with Crippen LogP contribution in [0.3, 0.4) is 0 Å². The Hall–Kier alpha value is -1.87. The number of carbonyl (C=O) groups is 1. The Morgan fingerprint density at radius 1 is 1.29 bits per heavy atom. The number of benzene rings is 1. The zero-order valence-electron chi connectivity index (χ0n) is 12.0. The van der Waals surface area contributed by atoms with Crippen molar-refractivity contribution in [3.63, 3.8) is 0 Å². The van der Waals surface area contributed by atoms with Crippen molar-refractivity contribution in [3.05, 3.63) is 57.8 Å². The standard InChI is InChI=1S/C18H18O2S/c1-20-18-8-3-2-5-13(18)11-16-15(6-4-7-17(16)19)14-9-10-21-12-14/h2-3,5,8-12,15H,4,6-7H2,1H3. The van der Waals surface area contributed by atoms with Gasteiger partial charge in [0.15, 0.2) is 5.78 Å². The summed E-state index contributed by atoms with van der Waals surface area (Å²) in [5.74, 6) is 1.30. The van der Waals surface area contributed by atoms with E-state index >= 15 is 0 Å². The molecule has 0 amide bonds. The summed E-state index contributed by atoms with van der Waals surface area (Å²) in [6.07, 6.45) is 4.69. The van der Waals surface area contributed by atoms with E-state index in [0.717, 1.165) is 29.7 Å². The minimum Gasteiger partial charge on any atom is -0.496 e. The molecule has 1 fully saturated rings. The van der Waals surface area contributed by atoms with Gasteiger partial charge in [0.2, 0.25) is 0 Å². The number of ketones is 1. The Morgan fingerprint density at radius 3 is 2.90 bits per heavy atom. The molecule has 21 heavy (non-hydrogen) atoms. The smallest absolute Gasteiger partial charge is 0.159 e. The second-order valence-corrected chi connectivity index (χ2v) is 6.05. The van der Waals surface area contributed by atoms with Crippen molar-refractivity contribution in [2.75, 3.05) is 7.11 Å². The Morgan fingerprint density at radius 2 is 2.14 bits per heavy atom. The molecule has 0 N–H and O–H groups in total. The summed E-state index contributed by atoms with van der Waals surface area (Å²) in [7, 11) is 1.66. The van der Waals surface area contributed by atoms with E-state index in [1.807, 2.05) is 30.3 Å². The highest BCUT2D eigenvalue weighted by Crippen LogP contribution is 2.38. The molecular weight excluding hydrogens is 280 g/mol. The summed E-state index contributed by atoms with van der Waals surface area (Å²) in [6, 6.07) is 9.98. The fraction of sp³-hybridized carbons (Fsp3) is 0.278. The van der Waals surface area contributed by atoms with Crippen molar-refractivity contribution in [2.24, 2.45) is 0 Å². The van der Waals surface area contributed by atoms with Crippen LogP contribution in [-0.4, -0.2) is 12.9 Å². The molecule has 0 saturated heterocycles. The van der Waals surface area contributed by atoms with Crippen LogP contribution in [0.25, 0.3) is 6.08 Å². The molecule has 1 aliphatic rings. The number of hydrogen-bond donors (Lipinski definition) is 0. The van der Waals surface area contributed by atoms with Gasteiger partial charge >= 0.3 is 0 Å². The second kappa shape index (κ2) is 6.27. The van der Waals surface area contributed by atoms with Gasteiger partial charge in [-0.05, 0) is 47.4 Å². The van der Waals surface area contributed by atoms with E-state index in [1.54, 1.807) is 18.4 Å². The van der Waals surface area contributed by atoms with Crippen LogP contribution in [0.5, 0.6) is 5.75 Å². The zero-order chi connectivity index (χ0) is 14.7. The lowest BCUT2D eigenvalue weighted by atomic mass is 9.79. The number of thiophene rings is 1. The minimum absolute atomic E-state index is 0.224. The van der Waals surface area contributed by atoms with E-state index in [2.05, 4.69) is 16.8 Å². The van der Waals surface area contributed by atoms with E-state index < -0.39 is 0 Å². The van der Waals surface area contributed by atoms with E-state index in [0.29, 0.717) is 6.42 Å². The molecule has 1 aromatic heterocycles. The van der Waals surface area contributed by atoms with Crippen LogP contribution in [0.1, 0.15) is 36.3 Å². The number of carbonyl (C=O) groups excluding carboxylic acids is 1. The van der Waals surface area contributed by atoms with Crippen LogP contribution < -0.4 is 4.74 Å². The van der Waals surface area contributed by atoms with E-state index in [-0.39, 0.29) is 11.7 Å². The number of hydrogen-bond acceptors (Lipinski definition) is 3. The molecule has 0 aliphatic heterocycles. The molecule has 1 aliphatic carbocycles. The van der Waals surface area contributed by atoms with Gasteiger partial charge in [-0.1, -0.05) is 18.2 Å². The van der Waals surface area contributed by atoms with Crippen molar-refractivity contribution < 1.29 is 9.53 Å². The van der Waals surface area contributed by atoms with Gasteiger partial charge in [-0.3, -0.25) is 4.79 Å². The third kappa shape index (κ3) is 2.93. The summed E-state index contributed by atoms with van der Waals surface area (Å²) in [4.78, 5) is 12.4.